The van der Waals surface area contributed by atoms with Gasteiger partial charge in [-0.3, -0.25) is 18.6 Å². The second-order valence-corrected chi connectivity index (χ2v) is 9.27. The first-order valence-corrected chi connectivity index (χ1v) is 12.5. The highest BCUT2D eigenvalue weighted by atomic mass is 32.1. The summed E-state index contributed by atoms with van der Waals surface area (Å²) < 4.78 is 9.66. The first-order valence-electron chi connectivity index (χ1n) is 11.6. The topological polar surface area (TPSA) is 85.0 Å². The predicted octanol–water partition coefficient (Wildman–Crippen LogP) is 2.81. The Morgan fingerprint density at radius 2 is 1.97 bits per heavy atom. The van der Waals surface area contributed by atoms with E-state index >= 15 is 0 Å². The summed E-state index contributed by atoms with van der Waals surface area (Å²) in [6.45, 7) is 5.50. The standard InChI is InChI=1S/C24H28N6O3S/c1-3-29-23(32)22-19(10-15-34-22)30-20(25-26-24(29)30)8-5-9-21(31)28-13-11-27(12-14-28)17-6-4-7-18(16-17)33-2/h4,6-7,10,15-16H,3,5,8-9,11-14H2,1-2H3. The third-order valence-corrected chi connectivity index (χ3v) is 7.33. The van der Waals surface area contributed by atoms with Crippen molar-refractivity contribution in [1.82, 2.24) is 24.1 Å². The Hall–Kier alpha value is -3.40. The van der Waals surface area contributed by atoms with Crippen LogP contribution in [0.15, 0.2) is 40.5 Å². The summed E-state index contributed by atoms with van der Waals surface area (Å²) >= 11 is 1.44. The van der Waals surface area contributed by atoms with Crippen LogP contribution in [0.25, 0.3) is 16.0 Å². The van der Waals surface area contributed by atoms with Crippen molar-refractivity contribution in [2.24, 2.45) is 0 Å². The number of rotatable bonds is 7. The van der Waals surface area contributed by atoms with E-state index < -0.39 is 0 Å². The molecule has 3 aromatic heterocycles. The van der Waals surface area contributed by atoms with Gasteiger partial charge in [0.1, 0.15) is 16.3 Å². The summed E-state index contributed by atoms with van der Waals surface area (Å²) in [5, 5.41) is 10.6. The molecule has 1 saturated heterocycles. The Kier molecular flexibility index (Phi) is 6.23. The van der Waals surface area contributed by atoms with Crippen LogP contribution in [-0.2, 0) is 17.8 Å². The lowest BCUT2D eigenvalue weighted by molar-refractivity contribution is -0.131. The maximum absolute atomic E-state index is 12.9. The Labute approximate surface area is 201 Å². The smallest absolute Gasteiger partial charge is 0.272 e. The number of methoxy groups -OCH3 is 1. The van der Waals surface area contributed by atoms with Crippen LogP contribution >= 0.6 is 11.3 Å². The molecule has 1 aromatic carbocycles. The predicted molar refractivity (Wildman–Crippen MR) is 133 cm³/mol. The molecule has 34 heavy (non-hydrogen) atoms. The van der Waals surface area contributed by atoms with Crippen molar-refractivity contribution in [2.75, 3.05) is 38.2 Å². The highest BCUT2D eigenvalue weighted by Gasteiger charge is 2.22. The number of hydrogen-bond acceptors (Lipinski definition) is 7. The van der Waals surface area contributed by atoms with Crippen molar-refractivity contribution in [3.63, 3.8) is 0 Å². The van der Waals surface area contributed by atoms with Crippen LogP contribution in [0.4, 0.5) is 5.69 Å². The third kappa shape index (κ3) is 4.02. The molecule has 1 aliphatic rings. The highest BCUT2D eigenvalue weighted by molar-refractivity contribution is 7.17. The first-order chi connectivity index (χ1) is 16.6. The van der Waals surface area contributed by atoms with E-state index in [0.29, 0.717) is 49.4 Å². The maximum atomic E-state index is 12.9. The van der Waals surface area contributed by atoms with Gasteiger partial charge < -0.3 is 14.5 Å². The minimum Gasteiger partial charge on any atom is -0.497 e. The van der Waals surface area contributed by atoms with Gasteiger partial charge in [0.15, 0.2) is 0 Å². The molecular weight excluding hydrogens is 452 g/mol. The van der Waals surface area contributed by atoms with Crippen molar-refractivity contribution >= 4 is 38.9 Å². The van der Waals surface area contributed by atoms with Crippen LogP contribution in [0.5, 0.6) is 5.75 Å². The zero-order valence-electron chi connectivity index (χ0n) is 19.4. The number of benzene rings is 1. The fourth-order valence-corrected chi connectivity index (χ4v) is 5.43. The van der Waals surface area contributed by atoms with E-state index in [1.807, 2.05) is 45.9 Å². The molecular formula is C24H28N6O3S. The van der Waals surface area contributed by atoms with Crippen molar-refractivity contribution in [1.29, 1.82) is 0 Å². The molecule has 0 bridgehead atoms. The molecule has 10 heteroatoms. The van der Waals surface area contributed by atoms with E-state index in [0.717, 1.165) is 35.9 Å². The lowest BCUT2D eigenvalue weighted by atomic mass is 10.2. The van der Waals surface area contributed by atoms with Crippen LogP contribution in [-0.4, -0.2) is 63.3 Å². The number of nitrogens with zero attached hydrogens (tertiary/aromatic N) is 6. The van der Waals surface area contributed by atoms with Gasteiger partial charge >= 0.3 is 0 Å². The Morgan fingerprint density at radius 1 is 1.15 bits per heavy atom. The molecule has 5 rings (SSSR count). The SMILES string of the molecule is CCn1c(=O)c2sccc2n2c(CCCC(=O)N3CCN(c4cccc(OC)c4)CC3)nnc12. The number of thiophene rings is 1. The average molecular weight is 481 g/mol. The molecule has 178 valence electrons. The van der Waals surface area contributed by atoms with Gasteiger partial charge in [-0.05, 0) is 36.9 Å². The second kappa shape index (κ2) is 9.46. The lowest BCUT2D eigenvalue weighted by Crippen LogP contribution is -2.48. The molecule has 1 aliphatic heterocycles. The van der Waals surface area contributed by atoms with Crippen LogP contribution in [0.2, 0.25) is 0 Å². The van der Waals surface area contributed by atoms with Crippen molar-refractivity contribution in [2.45, 2.75) is 32.7 Å². The normalized spacial score (nSPS) is 14.3. The molecule has 4 heterocycles. The average Bonchev–Trinajstić information content (AvgIpc) is 3.52. The van der Waals surface area contributed by atoms with Gasteiger partial charge in [-0.15, -0.1) is 21.5 Å². The van der Waals surface area contributed by atoms with Gasteiger partial charge in [0.25, 0.3) is 5.56 Å². The van der Waals surface area contributed by atoms with Crippen LogP contribution < -0.4 is 15.2 Å². The van der Waals surface area contributed by atoms with E-state index in [-0.39, 0.29) is 11.5 Å². The molecule has 0 saturated carbocycles. The minimum atomic E-state index is -0.0257. The first kappa shape index (κ1) is 22.4. The summed E-state index contributed by atoms with van der Waals surface area (Å²) in [6, 6.07) is 9.97. The Balaban J connectivity index is 1.21. The molecule has 0 radical (unpaired) electrons. The minimum absolute atomic E-state index is 0.0257. The number of aromatic nitrogens is 4. The van der Waals surface area contributed by atoms with Crippen LogP contribution in [0, 0.1) is 0 Å². The summed E-state index contributed by atoms with van der Waals surface area (Å²) in [6.07, 6.45) is 1.78. The highest BCUT2D eigenvalue weighted by Crippen LogP contribution is 2.23. The molecule has 0 spiro atoms. The summed E-state index contributed by atoms with van der Waals surface area (Å²) in [7, 11) is 1.67. The van der Waals surface area contributed by atoms with E-state index in [4.69, 9.17) is 4.74 Å². The number of anilines is 1. The number of carbonyl (C=O) groups is 1. The quantitative estimate of drug-likeness (QED) is 0.404. The molecule has 4 aromatic rings. The summed E-state index contributed by atoms with van der Waals surface area (Å²) in [5.74, 6) is 2.36. The zero-order valence-corrected chi connectivity index (χ0v) is 20.3. The van der Waals surface area contributed by atoms with Crippen molar-refractivity contribution < 1.29 is 9.53 Å². The van der Waals surface area contributed by atoms with Crippen LogP contribution in [0.3, 0.4) is 0 Å². The Morgan fingerprint density at radius 3 is 2.74 bits per heavy atom. The number of aryl methyl sites for hydroxylation is 2. The molecule has 1 fully saturated rings. The van der Waals surface area contributed by atoms with Crippen molar-refractivity contribution in [3.05, 3.63) is 51.9 Å². The molecule has 0 aliphatic carbocycles. The number of fused-ring (bicyclic) bond motifs is 3. The van der Waals surface area contributed by atoms with E-state index in [1.165, 1.54) is 11.3 Å². The number of ether oxygens (including phenoxy) is 1. The van der Waals surface area contributed by atoms with E-state index in [1.54, 1.807) is 11.7 Å². The van der Waals surface area contributed by atoms with Gasteiger partial charge in [-0.1, -0.05) is 6.07 Å². The molecule has 0 atom stereocenters. The molecule has 9 nitrogen and oxygen atoms in total. The molecule has 1 amide bonds. The fourth-order valence-electron chi connectivity index (χ4n) is 4.60. The van der Waals surface area contributed by atoms with Gasteiger partial charge in [0.2, 0.25) is 11.7 Å². The maximum Gasteiger partial charge on any atom is 0.272 e. The van der Waals surface area contributed by atoms with Gasteiger partial charge in [-0.2, -0.15) is 0 Å². The van der Waals surface area contributed by atoms with Crippen LogP contribution in [0.1, 0.15) is 25.6 Å². The van der Waals surface area contributed by atoms with E-state index in [2.05, 4.69) is 21.2 Å². The molecule has 0 N–H and O–H groups in total. The fraction of sp³-hybridized carbons (Fsp3) is 0.417. The number of hydrogen-bond donors (Lipinski definition) is 0. The summed E-state index contributed by atoms with van der Waals surface area (Å²) in [4.78, 5) is 29.8. The van der Waals surface area contributed by atoms with Gasteiger partial charge in [0, 0.05) is 57.3 Å². The number of piperazine rings is 1. The second-order valence-electron chi connectivity index (χ2n) is 8.36. The van der Waals surface area contributed by atoms with E-state index in [9.17, 15) is 9.59 Å². The summed E-state index contributed by atoms with van der Waals surface area (Å²) in [5.41, 5.74) is 1.94. The zero-order chi connectivity index (χ0) is 23.7. The van der Waals surface area contributed by atoms with Crippen molar-refractivity contribution in [3.8, 4) is 5.75 Å². The number of amides is 1. The number of carbonyl (C=O) groups excluding carboxylic acids is 1. The van der Waals surface area contributed by atoms with Gasteiger partial charge in [-0.25, -0.2) is 0 Å². The largest absolute Gasteiger partial charge is 0.497 e. The lowest BCUT2D eigenvalue weighted by Gasteiger charge is -2.36. The molecule has 0 unspecified atom stereocenters. The van der Waals surface area contributed by atoms with Gasteiger partial charge in [0.05, 0.1) is 12.6 Å². The Bertz CT molecular complexity index is 1380. The third-order valence-electron chi connectivity index (χ3n) is 6.44. The monoisotopic (exact) mass is 480 g/mol.